The lowest BCUT2D eigenvalue weighted by molar-refractivity contribution is 0.0237. The third-order valence-electron chi connectivity index (χ3n) is 4.84. The molecule has 1 aromatic rings. The molecule has 2 aliphatic rings. The molecule has 0 spiro atoms. The van der Waals surface area contributed by atoms with Crippen molar-refractivity contribution in [2.45, 2.75) is 38.3 Å². The molecule has 0 aromatic heterocycles. The summed E-state index contributed by atoms with van der Waals surface area (Å²) in [5, 5.41) is 2.38. The van der Waals surface area contributed by atoms with Crippen molar-refractivity contribution in [3.05, 3.63) is 29.3 Å². The summed E-state index contributed by atoms with van der Waals surface area (Å²) in [7, 11) is 1.51. The maximum atomic E-state index is 14.3. The molecule has 1 aliphatic heterocycles. The van der Waals surface area contributed by atoms with Gasteiger partial charge in [-0.1, -0.05) is 0 Å². The smallest absolute Gasteiger partial charge is 0.406 e. The van der Waals surface area contributed by atoms with Gasteiger partial charge >= 0.3 is 6.09 Å². The summed E-state index contributed by atoms with van der Waals surface area (Å²) in [5.74, 6) is -0.663. The molecule has 1 saturated heterocycles. The average molecular weight is 354 g/mol. The van der Waals surface area contributed by atoms with E-state index >= 15 is 0 Å². The molecule has 25 heavy (non-hydrogen) atoms. The Bertz CT molecular complexity index is 591. The van der Waals surface area contributed by atoms with Gasteiger partial charge in [0.2, 0.25) is 0 Å². The Kier molecular flexibility index (Phi) is 5.73. The van der Waals surface area contributed by atoms with E-state index in [2.05, 4.69) is 10.2 Å². The van der Waals surface area contributed by atoms with Crippen molar-refractivity contribution in [3.8, 4) is 5.75 Å². The molecule has 1 saturated carbocycles. The van der Waals surface area contributed by atoms with E-state index in [-0.39, 0.29) is 23.3 Å². The number of rotatable bonds is 6. The Balaban J connectivity index is 1.50. The number of benzene rings is 1. The molecule has 0 bridgehead atoms. The van der Waals surface area contributed by atoms with Crippen LogP contribution in [0.4, 0.5) is 13.6 Å². The normalized spacial score (nSPS) is 23.2. The Morgan fingerprint density at radius 3 is 2.48 bits per heavy atom. The molecule has 138 valence electrons. The molecule has 0 radical (unpaired) electrons. The number of ether oxygens (including phenoxy) is 2. The highest BCUT2D eigenvalue weighted by atomic mass is 19.1. The quantitative estimate of drug-likeness (QED) is 0.853. The van der Waals surface area contributed by atoms with E-state index in [1.165, 1.54) is 19.2 Å². The summed E-state index contributed by atoms with van der Waals surface area (Å²) in [6.45, 7) is 2.41. The van der Waals surface area contributed by atoms with Crippen LogP contribution in [0.15, 0.2) is 12.1 Å². The van der Waals surface area contributed by atoms with Crippen LogP contribution >= 0.6 is 0 Å². The zero-order chi connectivity index (χ0) is 17.8. The minimum absolute atomic E-state index is 0.0958. The second kappa shape index (κ2) is 7.99. The number of halogens is 2. The van der Waals surface area contributed by atoms with Gasteiger partial charge < -0.3 is 14.8 Å². The summed E-state index contributed by atoms with van der Waals surface area (Å²) in [5.41, 5.74) is 0.111. The summed E-state index contributed by atoms with van der Waals surface area (Å²) in [4.78, 5) is 13.1. The Morgan fingerprint density at radius 1 is 1.24 bits per heavy atom. The van der Waals surface area contributed by atoms with Crippen molar-refractivity contribution in [2.75, 3.05) is 26.7 Å². The average Bonchev–Trinajstić information content (AvgIpc) is 3.05. The third-order valence-corrected chi connectivity index (χ3v) is 4.84. The molecule has 5 nitrogen and oxygen atoms in total. The van der Waals surface area contributed by atoms with Gasteiger partial charge in [0.25, 0.3) is 0 Å². The molecule has 1 aromatic carbocycles. The van der Waals surface area contributed by atoms with Crippen molar-refractivity contribution < 1.29 is 23.0 Å². The maximum Gasteiger partial charge on any atom is 0.406 e. The van der Waals surface area contributed by atoms with Gasteiger partial charge in [0.05, 0.1) is 12.7 Å². The lowest BCUT2D eigenvalue weighted by Crippen LogP contribution is -2.37. The highest BCUT2D eigenvalue weighted by Crippen LogP contribution is 2.33. The van der Waals surface area contributed by atoms with Crippen molar-refractivity contribution >= 4 is 6.09 Å². The molecule has 1 aliphatic carbocycles. The minimum atomic E-state index is -0.555. The zero-order valence-electron chi connectivity index (χ0n) is 14.4. The van der Waals surface area contributed by atoms with Crippen LogP contribution in [0.25, 0.3) is 0 Å². The Labute approximate surface area is 146 Å². The molecule has 2 fully saturated rings. The van der Waals surface area contributed by atoms with Gasteiger partial charge in [0, 0.05) is 37.2 Å². The molecular weight excluding hydrogens is 330 g/mol. The molecule has 1 amide bonds. The lowest BCUT2D eigenvalue weighted by atomic mass is 9.83. The second-order valence-corrected chi connectivity index (χ2v) is 6.77. The maximum absolute atomic E-state index is 14.3. The first-order valence-corrected chi connectivity index (χ1v) is 8.76. The van der Waals surface area contributed by atoms with Gasteiger partial charge in [-0.25, -0.2) is 13.6 Å². The van der Waals surface area contributed by atoms with Crippen LogP contribution in [-0.4, -0.2) is 43.8 Å². The standard InChI is InChI=1S/C18H24F2N2O3/c1-21-18(23)24-11-12-6-13(7-12)25-14-8-16(19)15(17(20)9-14)10-22-4-2-3-5-22/h8-9,12-13H,2-7,10-11H2,1H3,(H,21,23). The number of hydrogen-bond donors (Lipinski definition) is 1. The summed E-state index contributed by atoms with van der Waals surface area (Å²) < 4.78 is 39.1. The number of carbonyl (C=O) groups is 1. The van der Waals surface area contributed by atoms with Crippen LogP contribution in [0.5, 0.6) is 5.75 Å². The van der Waals surface area contributed by atoms with Gasteiger partial charge in [0.1, 0.15) is 17.4 Å². The van der Waals surface area contributed by atoms with Gasteiger partial charge in [0.15, 0.2) is 0 Å². The fourth-order valence-electron chi connectivity index (χ4n) is 3.33. The molecule has 7 heteroatoms. The van der Waals surface area contributed by atoms with Crippen molar-refractivity contribution in [1.82, 2.24) is 10.2 Å². The first-order valence-electron chi connectivity index (χ1n) is 8.76. The van der Waals surface area contributed by atoms with E-state index in [0.717, 1.165) is 25.9 Å². The van der Waals surface area contributed by atoms with Crippen LogP contribution in [-0.2, 0) is 11.3 Å². The Morgan fingerprint density at radius 2 is 1.88 bits per heavy atom. The first-order chi connectivity index (χ1) is 12.0. The first kappa shape index (κ1) is 17.9. The minimum Gasteiger partial charge on any atom is -0.490 e. The Hall–Kier alpha value is -1.89. The predicted octanol–water partition coefficient (Wildman–Crippen LogP) is 3.07. The van der Waals surface area contributed by atoms with Crippen LogP contribution in [0.1, 0.15) is 31.2 Å². The highest BCUT2D eigenvalue weighted by molar-refractivity contribution is 5.66. The molecule has 0 unspecified atom stereocenters. The van der Waals surface area contributed by atoms with Gasteiger partial charge in [-0.15, -0.1) is 0 Å². The molecule has 3 rings (SSSR count). The fraction of sp³-hybridized carbons (Fsp3) is 0.611. The molecule has 0 atom stereocenters. The van der Waals surface area contributed by atoms with E-state index in [0.29, 0.717) is 26.0 Å². The van der Waals surface area contributed by atoms with E-state index in [1.807, 2.05) is 0 Å². The SMILES string of the molecule is CNC(=O)OCC1CC(Oc2cc(F)c(CN3CCCC3)c(F)c2)C1. The number of nitrogens with zero attached hydrogens (tertiary/aromatic N) is 1. The predicted molar refractivity (Wildman–Crippen MR) is 88.4 cm³/mol. The zero-order valence-corrected chi connectivity index (χ0v) is 14.4. The van der Waals surface area contributed by atoms with E-state index in [9.17, 15) is 13.6 Å². The summed E-state index contributed by atoms with van der Waals surface area (Å²) in [6.07, 6.45) is 3.02. The van der Waals surface area contributed by atoms with Crippen LogP contribution in [0, 0.1) is 17.6 Å². The molecule has 1 N–H and O–H groups in total. The second-order valence-electron chi connectivity index (χ2n) is 6.77. The van der Waals surface area contributed by atoms with Crippen LogP contribution in [0.3, 0.4) is 0 Å². The van der Waals surface area contributed by atoms with Crippen molar-refractivity contribution in [1.29, 1.82) is 0 Å². The largest absolute Gasteiger partial charge is 0.490 e. The number of carbonyl (C=O) groups excluding carboxylic acids is 1. The van der Waals surface area contributed by atoms with Crippen molar-refractivity contribution in [3.63, 3.8) is 0 Å². The van der Waals surface area contributed by atoms with E-state index in [1.54, 1.807) is 0 Å². The fourth-order valence-corrected chi connectivity index (χ4v) is 3.33. The van der Waals surface area contributed by atoms with Crippen LogP contribution < -0.4 is 10.1 Å². The summed E-state index contributed by atoms with van der Waals surface area (Å²) >= 11 is 0. The van der Waals surface area contributed by atoms with Gasteiger partial charge in [-0.3, -0.25) is 4.90 Å². The highest BCUT2D eigenvalue weighted by Gasteiger charge is 2.32. The topological polar surface area (TPSA) is 50.8 Å². The number of hydrogen-bond acceptors (Lipinski definition) is 4. The molecular formula is C18H24F2N2O3. The summed E-state index contributed by atoms with van der Waals surface area (Å²) in [6, 6.07) is 2.53. The van der Waals surface area contributed by atoms with Gasteiger partial charge in [-0.2, -0.15) is 0 Å². The number of nitrogens with one attached hydrogen (secondary N) is 1. The third kappa shape index (κ3) is 4.60. The number of alkyl carbamates (subject to hydrolysis) is 1. The molecule has 1 heterocycles. The van der Waals surface area contributed by atoms with E-state index in [4.69, 9.17) is 9.47 Å². The monoisotopic (exact) mass is 354 g/mol. The lowest BCUT2D eigenvalue weighted by Gasteiger charge is -2.34. The number of likely N-dealkylation sites (tertiary alicyclic amines) is 1. The number of amides is 1. The van der Waals surface area contributed by atoms with E-state index < -0.39 is 17.7 Å². The van der Waals surface area contributed by atoms with Crippen LogP contribution in [0.2, 0.25) is 0 Å². The van der Waals surface area contributed by atoms with Crippen molar-refractivity contribution in [2.24, 2.45) is 5.92 Å². The van der Waals surface area contributed by atoms with Gasteiger partial charge in [-0.05, 0) is 38.8 Å².